The van der Waals surface area contributed by atoms with Crippen LogP contribution in [0.4, 0.5) is 39.5 Å². The summed E-state index contributed by atoms with van der Waals surface area (Å²) in [6, 6.07) is -0.0203. The van der Waals surface area contributed by atoms with E-state index in [1.54, 1.807) is 0 Å². The number of aliphatic hydroxyl groups is 1. The zero-order chi connectivity index (χ0) is 27.9. The summed E-state index contributed by atoms with van der Waals surface area (Å²) in [5.41, 5.74) is -4.35. The first kappa shape index (κ1) is 28.8. The molecule has 3 atom stereocenters. The lowest BCUT2D eigenvalue weighted by molar-refractivity contribution is -0.209. The first-order chi connectivity index (χ1) is 16.9. The molecule has 206 valence electrons. The summed E-state index contributed by atoms with van der Waals surface area (Å²) in [4.78, 5) is 12.8. The maximum absolute atomic E-state index is 13.8. The van der Waals surface area contributed by atoms with Gasteiger partial charge in [0.15, 0.2) is 6.10 Å². The van der Waals surface area contributed by atoms with Gasteiger partial charge in [-0.15, -0.1) is 0 Å². The molecule has 14 heteroatoms. The Kier molecular flexibility index (Phi) is 7.94. The van der Waals surface area contributed by atoms with Crippen LogP contribution < -0.4 is 5.32 Å². The molecule has 1 aromatic heterocycles. The first-order valence-electron chi connectivity index (χ1n) is 11.1. The first-order valence-corrected chi connectivity index (χ1v) is 11.1. The van der Waals surface area contributed by atoms with Crippen LogP contribution >= 0.6 is 0 Å². The molecule has 1 amide bonds. The van der Waals surface area contributed by atoms with Gasteiger partial charge in [-0.1, -0.05) is 0 Å². The zero-order valence-corrected chi connectivity index (χ0v) is 19.5. The van der Waals surface area contributed by atoms with Crippen molar-refractivity contribution in [3.05, 3.63) is 46.6 Å². The van der Waals surface area contributed by atoms with Crippen LogP contribution in [0.25, 0.3) is 11.3 Å². The van der Waals surface area contributed by atoms with Crippen molar-refractivity contribution in [2.24, 2.45) is 0 Å². The molecule has 1 fully saturated rings. The van der Waals surface area contributed by atoms with Crippen molar-refractivity contribution in [3.8, 4) is 11.3 Å². The Bertz CT molecular complexity index is 1130. The smallest absolute Gasteiger partial charge is 0.382 e. The Balaban J connectivity index is 2.16. The van der Waals surface area contributed by atoms with Gasteiger partial charge in [0.1, 0.15) is 0 Å². The van der Waals surface area contributed by atoms with Crippen LogP contribution in [0.5, 0.6) is 0 Å². The van der Waals surface area contributed by atoms with E-state index in [2.05, 4.69) is 0 Å². The van der Waals surface area contributed by atoms with E-state index < -0.39 is 59.4 Å². The van der Waals surface area contributed by atoms with E-state index in [0.717, 1.165) is 13.0 Å². The number of benzene rings is 1. The number of rotatable bonds is 6. The predicted octanol–water partition coefficient (Wildman–Crippen LogP) is 5.72. The van der Waals surface area contributed by atoms with Crippen LogP contribution in [0.2, 0.25) is 0 Å². The standard InChI is InChI=1S/C23H23F9N2O3/c1-11(19(35)23(30,31)32)33-20(36)15-9-18(34(12(15)2)10-14-4-3-7-37-14)16-8-13(21(24,25)26)5-6-17(16)22(27,28)29/h5-6,8-9,11,14,19,35H,3-4,7,10H2,1-2H3,(H,33,36)/t11?,14-,19?/m1/s1. The number of hydrogen-bond donors (Lipinski definition) is 2. The van der Waals surface area contributed by atoms with Gasteiger partial charge < -0.3 is 19.7 Å². The van der Waals surface area contributed by atoms with Crippen LogP contribution in [0.3, 0.4) is 0 Å². The molecule has 0 spiro atoms. The topological polar surface area (TPSA) is 63.5 Å². The number of aromatic nitrogens is 1. The fourth-order valence-corrected chi connectivity index (χ4v) is 4.15. The van der Waals surface area contributed by atoms with Gasteiger partial charge in [-0.2, -0.15) is 39.5 Å². The number of hydrogen-bond acceptors (Lipinski definition) is 3. The van der Waals surface area contributed by atoms with Crippen LogP contribution in [-0.4, -0.2) is 46.6 Å². The lowest BCUT2D eigenvalue weighted by Crippen LogP contribution is -2.48. The highest BCUT2D eigenvalue weighted by Gasteiger charge is 2.43. The fraction of sp³-hybridized carbons (Fsp3) is 0.522. The quantitative estimate of drug-likeness (QED) is 0.456. The van der Waals surface area contributed by atoms with Gasteiger partial charge in [0.2, 0.25) is 0 Å². The van der Waals surface area contributed by atoms with Crippen molar-refractivity contribution in [1.29, 1.82) is 0 Å². The molecular formula is C23H23F9N2O3. The molecule has 2 N–H and O–H groups in total. The second-order valence-electron chi connectivity index (χ2n) is 8.78. The van der Waals surface area contributed by atoms with Gasteiger partial charge in [0.25, 0.3) is 5.91 Å². The van der Waals surface area contributed by atoms with E-state index in [-0.39, 0.29) is 23.5 Å². The Morgan fingerprint density at radius 1 is 1.11 bits per heavy atom. The van der Waals surface area contributed by atoms with Crippen molar-refractivity contribution in [2.75, 3.05) is 6.61 Å². The van der Waals surface area contributed by atoms with E-state index in [0.29, 0.717) is 37.6 Å². The van der Waals surface area contributed by atoms with Crippen molar-refractivity contribution in [2.45, 2.75) is 70.0 Å². The van der Waals surface area contributed by atoms with Crippen molar-refractivity contribution >= 4 is 5.91 Å². The lowest BCUT2D eigenvalue weighted by atomic mass is 9.99. The zero-order valence-electron chi connectivity index (χ0n) is 19.5. The van der Waals surface area contributed by atoms with Crippen LogP contribution in [0.15, 0.2) is 24.3 Å². The van der Waals surface area contributed by atoms with Gasteiger partial charge in [-0.3, -0.25) is 4.79 Å². The van der Waals surface area contributed by atoms with E-state index in [1.165, 1.54) is 11.5 Å². The number of amides is 1. The Morgan fingerprint density at radius 3 is 2.27 bits per heavy atom. The lowest BCUT2D eigenvalue weighted by Gasteiger charge is -2.22. The van der Waals surface area contributed by atoms with Gasteiger partial charge in [0.05, 0.1) is 28.8 Å². The summed E-state index contributed by atoms with van der Waals surface area (Å²) >= 11 is 0. The summed E-state index contributed by atoms with van der Waals surface area (Å²) in [5, 5.41) is 11.3. The van der Waals surface area contributed by atoms with Gasteiger partial charge in [-0.05, 0) is 51.0 Å². The van der Waals surface area contributed by atoms with Gasteiger partial charge in [-0.25, -0.2) is 0 Å². The van der Waals surface area contributed by atoms with Crippen molar-refractivity contribution < 1.29 is 54.2 Å². The molecule has 1 saturated heterocycles. The number of alkyl halides is 9. The summed E-state index contributed by atoms with van der Waals surface area (Å²) in [6.07, 6.45) is -17.4. The second-order valence-corrected chi connectivity index (χ2v) is 8.78. The highest BCUT2D eigenvalue weighted by atomic mass is 19.4. The fourth-order valence-electron chi connectivity index (χ4n) is 4.15. The average Bonchev–Trinajstić information content (AvgIpc) is 3.39. The third-order valence-electron chi connectivity index (χ3n) is 6.12. The SMILES string of the molecule is Cc1c(C(=O)NC(C)C(O)C(F)(F)F)cc(-c2cc(C(F)(F)F)ccc2C(F)(F)F)n1C[C@H]1CCCO1. The maximum atomic E-state index is 13.8. The molecule has 0 aliphatic carbocycles. The third kappa shape index (κ3) is 6.40. The van der Waals surface area contributed by atoms with E-state index in [1.807, 2.05) is 5.32 Å². The molecule has 1 aliphatic heterocycles. The average molecular weight is 546 g/mol. The minimum absolute atomic E-state index is 0.00207. The summed E-state index contributed by atoms with van der Waals surface area (Å²) < 4.78 is 127. The molecule has 0 saturated carbocycles. The highest BCUT2D eigenvalue weighted by Crippen LogP contribution is 2.42. The molecule has 2 aromatic rings. The summed E-state index contributed by atoms with van der Waals surface area (Å²) in [6.45, 7) is 2.43. The Labute approximate surface area is 205 Å². The molecule has 5 nitrogen and oxygen atoms in total. The van der Waals surface area contributed by atoms with Crippen LogP contribution in [0.1, 0.15) is 46.9 Å². The summed E-state index contributed by atoms with van der Waals surface area (Å²) in [7, 11) is 0. The molecule has 0 bridgehead atoms. The normalized spacial score (nSPS) is 18.6. The van der Waals surface area contributed by atoms with Crippen molar-refractivity contribution in [1.82, 2.24) is 9.88 Å². The van der Waals surface area contributed by atoms with Crippen molar-refractivity contribution in [3.63, 3.8) is 0 Å². The summed E-state index contributed by atoms with van der Waals surface area (Å²) in [5.74, 6) is -1.15. The molecule has 1 aliphatic rings. The molecule has 2 unspecified atom stereocenters. The highest BCUT2D eigenvalue weighted by molar-refractivity contribution is 5.97. The number of carbonyl (C=O) groups excluding carboxylic acids is 1. The van der Waals surface area contributed by atoms with E-state index >= 15 is 0 Å². The Hall–Kier alpha value is -2.74. The number of nitrogens with zero attached hydrogens (tertiary/aromatic N) is 1. The van der Waals surface area contributed by atoms with Crippen LogP contribution in [0, 0.1) is 6.92 Å². The number of ether oxygens (including phenoxy) is 1. The number of halogens is 9. The molecule has 1 aromatic carbocycles. The predicted molar refractivity (Wildman–Crippen MR) is 113 cm³/mol. The molecule has 2 heterocycles. The largest absolute Gasteiger partial charge is 0.417 e. The monoisotopic (exact) mass is 546 g/mol. The molecule has 0 radical (unpaired) electrons. The minimum Gasteiger partial charge on any atom is -0.382 e. The second kappa shape index (κ2) is 10.2. The van der Waals surface area contributed by atoms with E-state index in [9.17, 15) is 49.4 Å². The number of aliphatic hydroxyl groups excluding tert-OH is 1. The number of carbonyl (C=O) groups is 1. The minimum atomic E-state index is -5.06. The van der Waals surface area contributed by atoms with Gasteiger partial charge >= 0.3 is 18.5 Å². The molecular weight excluding hydrogens is 523 g/mol. The third-order valence-corrected chi connectivity index (χ3v) is 6.12. The molecule has 37 heavy (non-hydrogen) atoms. The van der Waals surface area contributed by atoms with Crippen LogP contribution in [-0.2, 0) is 23.6 Å². The Morgan fingerprint density at radius 2 is 1.76 bits per heavy atom. The van der Waals surface area contributed by atoms with E-state index in [4.69, 9.17) is 4.74 Å². The van der Waals surface area contributed by atoms with Gasteiger partial charge in [0, 0.05) is 30.1 Å². The number of nitrogens with one attached hydrogen (secondary N) is 1. The molecule has 3 rings (SSSR count). The maximum Gasteiger partial charge on any atom is 0.417 e.